The Morgan fingerprint density at radius 1 is 0.857 bits per heavy atom. The quantitative estimate of drug-likeness (QED) is 0.534. The molecule has 1 fully saturated rings. The van der Waals surface area contributed by atoms with Crippen molar-refractivity contribution in [3.05, 3.63) is 58.7 Å². The molecule has 0 saturated heterocycles. The van der Waals surface area contributed by atoms with Crippen molar-refractivity contribution < 1.29 is 9.47 Å². The van der Waals surface area contributed by atoms with Gasteiger partial charge in [-0.25, -0.2) is 4.99 Å². The highest BCUT2D eigenvalue weighted by Crippen LogP contribution is 2.33. The second-order valence-electron chi connectivity index (χ2n) is 7.10. The number of nitrogens with zero attached hydrogens (tertiary/aromatic N) is 2. The third-order valence-corrected chi connectivity index (χ3v) is 6.20. The molecule has 0 atom stereocenters. The van der Waals surface area contributed by atoms with E-state index in [1.807, 2.05) is 36.4 Å². The standard InChI is InChI=1S/C23H26N2O2S/c1-26-20-12-8-17(9-13-20)22-16-28-23(25(22)19-6-4-3-5-7-19)24-18-10-14-21(27-2)15-11-18/h8-16,19H,3-7H2,1-2H3. The molecule has 0 aliphatic heterocycles. The summed E-state index contributed by atoms with van der Waals surface area (Å²) >= 11 is 1.71. The maximum atomic E-state index is 5.32. The van der Waals surface area contributed by atoms with Crippen LogP contribution in [0.1, 0.15) is 38.1 Å². The van der Waals surface area contributed by atoms with Crippen molar-refractivity contribution in [1.29, 1.82) is 0 Å². The van der Waals surface area contributed by atoms with E-state index in [1.54, 1.807) is 25.6 Å². The van der Waals surface area contributed by atoms with Crippen LogP contribution in [0.25, 0.3) is 11.3 Å². The maximum Gasteiger partial charge on any atom is 0.190 e. The summed E-state index contributed by atoms with van der Waals surface area (Å²) in [6.07, 6.45) is 6.35. The van der Waals surface area contributed by atoms with Gasteiger partial charge in [-0.1, -0.05) is 19.3 Å². The SMILES string of the molecule is COc1ccc(N=c2scc(-c3ccc(OC)cc3)n2C2CCCCC2)cc1. The molecule has 1 saturated carbocycles. The van der Waals surface area contributed by atoms with Gasteiger partial charge >= 0.3 is 0 Å². The minimum Gasteiger partial charge on any atom is -0.497 e. The van der Waals surface area contributed by atoms with Crippen molar-refractivity contribution in [3.63, 3.8) is 0 Å². The first-order valence-electron chi connectivity index (χ1n) is 9.82. The van der Waals surface area contributed by atoms with E-state index in [4.69, 9.17) is 14.5 Å². The molecule has 1 aliphatic carbocycles. The Balaban J connectivity index is 1.78. The number of hydrogen-bond donors (Lipinski definition) is 0. The van der Waals surface area contributed by atoms with Crippen molar-refractivity contribution in [2.75, 3.05) is 14.2 Å². The predicted octanol–water partition coefficient (Wildman–Crippen LogP) is 5.97. The van der Waals surface area contributed by atoms with Crippen LogP contribution in [0.3, 0.4) is 0 Å². The maximum absolute atomic E-state index is 5.32. The summed E-state index contributed by atoms with van der Waals surface area (Å²) in [5.74, 6) is 1.73. The first-order valence-corrected chi connectivity index (χ1v) is 10.7. The fourth-order valence-corrected chi connectivity index (χ4v) is 4.82. The van der Waals surface area contributed by atoms with Gasteiger partial charge in [0.25, 0.3) is 0 Å². The smallest absolute Gasteiger partial charge is 0.190 e. The van der Waals surface area contributed by atoms with Crippen LogP contribution in [-0.4, -0.2) is 18.8 Å². The summed E-state index contributed by atoms with van der Waals surface area (Å²) in [6, 6.07) is 16.8. The summed E-state index contributed by atoms with van der Waals surface area (Å²) in [7, 11) is 3.39. The molecule has 0 unspecified atom stereocenters. The Kier molecular flexibility index (Phi) is 5.81. The molecular weight excluding hydrogens is 368 g/mol. The van der Waals surface area contributed by atoms with Crippen LogP contribution >= 0.6 is 11.3 Å². The molecule has 0 radical (unpaired) electrons. The Labute approximate surface area is 170 Å². The molecular formula is C23H26N2O2S. The summed E-state index contributed by atoms with van der Waals surface area (Å²) in [6.45, 7) is 0. The predicted molar refractivity (Wildman–Crippen MR) is 115 cm³/mol. The summed E-state index contributed by atoms with van der Waals surface area (Å²) in [5, 5.41) is 2.23. The molecule has 146 valence electrons. The number of thiazole rings is 1. The highest BCUT2D eigenvalue weighted by Gasteiger charge is 2.20. The van der Waals surface area contributed by atoms with Crippen molar-refractivity contribution in [2.45, 2.75) is 38.1 Å². The van der Waals surface area contributed by atoms with Gasteiger partial charge in [0.05, 0.1) is 25.6 Å². The van der Waals surface area contributed by atoms with Crippen LogP contribution in [0.5, 0.6) is 11.5 Å². The average molecular weight is 395 g/mol. The van der Waals surface area contributed by atoms with Crippen LogP contribution in [0, 0.1) is 0 Å². The second-order valence-corrected chi connectivity index (χ2v) is 7.94. The lowest BCUT2D eigenvalue weighted by Crippen LogP contribution is -2.23. The Morgan fingerprint density at radius 3 is 2.07 bits per heavy atom. The normalized spacial score (nSPS) is 15.6. The van der Waals surface area contributed by atoms with E-state index in [9.17, 15) is 0 Å². The number of benzene rings is 2. The first-order chi connectivity index (χ1) is 13.8. The molecule has 1 aromatic heterocycles. The zero-order chi connectivity index (χ0) is 19.3. The van der Waals surface area contributed by atoms with E-state index in [-0.39, 0.29) is 0 Å². The van der Waals surface area contributed by atoms with Gasteiger partial charge in [0.1, 0.15) is 11.5 Å². The molecule has 0 amide bonds. The van der Waals surface area contributed by atoms with Crippen LogP contribution in [0.2, 0.25) is 0 Å². The molecule has 0 bridgehead atoms. The zero-order valence-corrected chi connectivity index (χ0v) is 17.2. The van der Waals surface area contributed by atoms with E-state index in [1.165, 1.54) is 43.4 Å². The molecule has 1 heterocycles. The molecule has 0 N–H and O–H groups in total. The monoisotopic (exact) mass is 394 g/mol. The minimum absolute atomic E-state index is 0.508. The second kappa shape index (κ2) is 8.65. The lowest BCUT2D eigenvalue weighted by atomic mass is 9.95. The zero-order valence-electron chi connectivity index (χ0n) is 16.4. The Morgan fingerprint density at radius 2 is 1.46 bits per heavy atom. The summed E-state index contributed by atoms with van der Waals surface area (Å²) < 4.78 is 13.0. The highest BCUT2D eigenvalue weighted by molar-refractivity contribution is 7.07. The number of aromatic nitrogens is 1. The van der Waals surface area contributed by atoms with E-state index < -0.39 is 0 Å². The minimum atomic E-state index is 0.508. The average Bonchev–Trinajstić information content (AvgIpc) is 3.18. The number of methoxy groups -OCH3 is 2. The fraction of sp³-hybridized carbons (Fsp3) is 0.348. The Bertz CT molecular complexity index is 965. The van der Waals surface area contributed by atoms with Gasteiger partial charge in [-0.05, 0) is 66.9 Å². The number of rotatable bonds is 5. The van der Waals surface area contributed by atoms with Gasteiger partial charge < -0.3 is 14.0 Å². The Hall–Kier alpha value is -2.53. The van der Waals surface area contributed by atoms with E-state index in [0.717, 1.165) is 22.0 Å². The molecule has 5 heteroatoms. The van der Waals surface area contributed by atoms with Crippen molar-refractivity contribution >= 4 is 17.0 Å². The van der Waals surface area contributed by atoms with Gasteiger partial charge in [-0.15, -0.1) is 11.3 Å². The molecule has 0 spiro atoms. The van der Waals surface area contributed by atoms with Gasteiger partial charge in [0.2, 0.25) is 0 Å². The third-order valence-electron chi connectivity index (χ3n) is 5.36. The van der Waals surface area contributed by atoms with Crippen molar-refractivity contribution in [1.82, 2.24) is 4.57 Å². The van der Waals surface area contributed by atoms with Crippen molar-refractivity contribution in [3.8, 4) is 22.8 Å². The lowest BCUT2D eigenvalue weighted by Gasteiger charge is -2.25. The van der Waals surface area contributed by atoms with Gasteiger partial charge in [0.15, 0.2) is 4.80 Å². The van der Waals surface area contributed by atoms with E-state index in [0.29, 0.717) is 6.04 Å². The highest BCUT2D eigenvalue weighted by atomic mass is 32.1. The molecule has 28 heavy (non-hydrogen) atoms. The molecule has 2 aromatic carbocycles. The van der Waals surface area contributed by atoms with Gasteiger partial charge in [0, 0.05) is 11.4 Å². The number of ether oxygens (including phenoxy) is 2. The number of hydrogen-bond acceptors (Lipinski definition) is 4. The van der Waals surface area contributed by atoms with Gasteiger partial charge in [-0.3, -0.25) is 0 Å². The largest absolute Gasteiger partial charge is 0.497 e. The first kappa shape index (κ1) is 18.8. The lowest BCUT2D eigenvalue weighted by molar-refractivity contribution is 0.351. The molecule has 4 rings (SSSR count). The van der Waals surface area contributed by atoms with Gasteiger partial charge in [-0.2, -0.15) is 0 Å². The molecule has 1 aliphatic rings. The van der Waals surface area contributed by atoms with Crippen LogP contribution in [0.4, 0.5) is 5.69 Å². The third kappa shape index (κ3) is 3.99. The van der Waals surface area contributed by atoms with Crippen molar-refractivity contribution in [2.24, 2.45) is 4.99 Å². The molecule has 3 aromatic rings. The van der Waals surface area contributed by atoms with Crippen LogP contribution in [-0.2, 0) is 0 Å². The van der Waals surface area contributed by atoms with E-state index >= 15 is 0 Å². The van der Waals surface area contributed by atoms with Crippen LogP contribution < -0.4 is 14.3 Å². The molecule has 4 nitrogen and oxygen atoms in total. The summed E-state index contributed by atoms with van der Waals surface area (Å²) in [5.41, 5.74) is 3.40. The van der Waals surface area contributed by atoms with E-state index in [2.05, 4.69) is 22.1 Å². The fourth-order valence-electron chi connectivity index (χ4n) is 3.83. The summed E-state index contributed by atoms with van der Waals surface area (Å²) in [4.78, 5) is 6.03. The topological polar surface area (TPSA) is 35.8 Å². The van der Waals surface area contributed by atoms with Crippen LogP contribution in [0.15, 0.2) is 58.9 Å².